The third-order valence-corrected chi connectivity index (χ3v) is 5.34. The third kappa shape index (κ3) is 3.81. The third-order valence-electron chi connectivity index (χ3n) is 4.51. The van der Waals surface area contributed by atoms with E-state index in [1.165, 1.54) is 5.57 Å². The SMILES string of the molecule is CCOC1=C(C(CC)=C(F)C(=O)O)CC2=C(C(C)C)C=CCC2=C1Br. The highest BCUT2D eigenvalue weighted by Gasteiger charge is 2.31. The van der Waals surface area contributed by atoms with Gasteiger partial charge < -0.3 is 9.84 Å². The van der Waals surface area contributed by atoms with E-state index in [1.807, 2.05) is 6.92 Å². The van der Waals surface area contributed by atoms with Crippen LogP contribution in [0, 0.1) is 5.92 Å². The Hall–Kier alpha value is -1.62. The molecule has 0 aromatic heterocycles. The fourth-order valence-electron chi connectivity index (χ4n) is 3.37. The van der Waals surface area contributed by atoms with Crippen LogP contribution in [0.2, 0.25) is 0 Å². The Morgan fingerprint density at radius 3 is 2.56 bits per heavy atom. The van der Waals surface area contributed by atoms with E-state index in [-0.39, 0.29) is 5.57 Å². The minimum Gasteiger partial charge on any atom is -0.492 e. The first-order valence-corrected chi connectivity index (χ1v) is 9.39. The van der Waals surface area contributed by atoms with E-state index in [0.29, 0.717) is 36.7 Å². The average molecular weight is 411 g/mol. The van der Waals surface area contributed by atoms with Crippen LogP contribution >= 0.6 is 15.9 Å². The fourth-order valence-corrected chi connectivity index (χ4v) is 4.12. The number of aliphatic carboxylic acids is 1. The van der Waals surface area contributed by atoms with E-state index >= 15 is 0 Å². The highest BCUT2D eigenvalue weighted by Crippen LogP contribution is 2.46. The van der Waals surface area contributed by atoms with E-state index in [4.69, 9.17) is 9.84 Å². The summed E-state index contributed by atoms with van der Waals surface area (Å²) in [6.45, 7) is 8.31. The summed E-state index contributed by atoms with van der Waals surface area (Å²) >= 11 is 3.63. The molecule has 2 aliphatic rings. The maximum atomic E-state index is 14.3. The Kier molecular flexibility index (Phi) is 6.44. The van der Waals surface area contributed by atoms with Crippen molar-refractivity contribution in [3.8, 4) is 0 Å². The summed E-state index contributed by atoms with van der Waals surface area (Å²) in [5.74, 6) is -1.74. The number of ether oxygens (including phenoxy) is 1. The number of rotatable bonds is 6. The van der Waals surface area contributed by atoms with E-state index in [2.05, 4.69) is 41.9 Å². The molecule has 0 aromatic carbocycles. The zero-order valence-electron chi connectivity index (χ0n) is 15.1. The Labute approximate surface area is 156 Å². The molecule has 1 N–H and O–H groups in total. The van der Waals surface area contributed by atoms with Gasteiger partial charge in [-0.1, -0.05) is 32.9 Å². The van der Waals surface area contributed by atoms with Crippen LogP contribution in [0.1, 0.15) is 47.0 Å². The first-order chi connectivity index (χ1) is 11.8. The molecule has 0 fully saturated rings. The number of hydrogen-bond acceptors (Lipinski definition) is 2. The molecule has 0 saturated heterocycles. The summed E-state index contributed by atoms with van der Waals surface area (Å²) in [5, 5.41) is 9.13. The molecule has 0 unspecified atom stereocenters. The highest BCUT2D eigenvalue weighted by atomic mass is 79.9. The van der Waals surface area contributed by atoms with Crippen molar-refractivity contribution in [2.24, 2.45) is 5.92 Å². The molecule has 0 radical (unpaired) electrons. The van der Waals surface area contributed by atoms with Crippen LogP contribution in [0.3, 0.4) is 0 Å². The maximum Gasteiger partial charge on any atom is 0.365 e. The number of fused-ring (bicyclic) bond motifs is 1. The normalized spacial score (nSPS) is 18.7. The van der Waals surface area contributed by atoms with Crippen LogP contribution in [-0.4, -0.2) is 17.7 Å². The summed E-state index contributed by atoms with van der Waals surface area (Å²) in [7, 11) is 0. The minimum atomic E-state index is -1.53. The summed E-state index contributed by atoms with van der Waals surface area (Å²) < 4.78 is 20.9. The molecule has 0 atom stereocenters. The van der Waals surface area contributed by atoms with Crippen LogP contribution < -0.4 is 0 Å². The van der Waals surface area contributed by atoms with Crippen LogP contribution in [0.5, 0.6) is 0 Å². The zero-order chi connectivity index (χ0) is 18.7. The smallest absolute Gasteiger partial charge is 0.365 e. The van der Waals surface area contributed by atoms with E-state index in [0.717, 1.165) is 22.0 Å². The molecule has 0 aromatic rings. The number of halogens is 2. The number of carboxylic acids is 1. The van der Waals surface area contributed by atoms with Gasteiger partial charge in [-0.2, -0.15) is 4.39 Å². The van der Waals surface area contributed by atoms with Crippen LogP contribution in [0.15, 0.2) is 56.1 Å². The molecule has 136 valence electrons. The van der Waals surface area contributed by atoms with Gasteiger partial charge in [-0.05, 0) is 58.3 Å². The van der Waals surface area contributed by atoms with Gasteiger partial charge in [-0.3, -0.25) is 0 Å². The summed E-state index contributed by atoms with van der Waals surface area (Å²) in [5.41, 5.74) is 4.33. The second-order valence-electron chi connectivity index (χ2n) is 6.36. The molecular weight excluding hydrogens is 387 g/mol. The fraction of sp³-hybridized carbons (Fsp3) is 0.450. The van der Waals surface area contributed by atoms with Gasteiger partial charge >= 0.3 is 5.97 Å². The molecule has 0 amide bonds. The van der Waals surface area contributed by atoms with Crippen molar-refractivity contribution < 1.29 is 19.0 Å². The van der Waals surface area contributed by atoms with Crippen LogP contribution in [-0.2, 0) is 9.53 Å². The van der Waals surface area contributed by atoms with Gasteiger partial charge in [-0.25, -0.2) is 4.79 Å². The van der Waals surface area contributed by atoms with E-state index < -0.39 is 11.8 Å². The van der Waals surface area contributed by atoms with Crippen molar-refractivity contribution >= 4 is 21.9 Å². The van der Waals surface area contributed by atoms with E-state index in [9.17, 15) is 9.18 Å². The van der Waals surface area contributed by atoms with Gasteiger partial charge in [0.2, 0.25) is 5.83 Å². The van der Waals surface area contributed by atoms with Gasteiger partial charge in [0.1, 0.15) is 5.76 Å². The Bertz CT molecular complexity index is 736. The topological polar surface area (TPSA) is 46.5 Å². The zero-order valence-corrected chi connectivity index (χ0v) is 16.7. The van der Waals surface area contributed by atoms with Crippen molar-refractivity contribution in [3.05, 3.63) is 56.1 Å². The molecule has 25 heavy (non-hydrogen) atoms. The largest absolute Gasteiger partial charge is 0.492 e. The molecule has 2 aliphatic carbocycles. The van der Waals surface area contributed by atoms with E-state index in [1.54, 1.807) is 6.92 Å². The molecule has 0 bridgehead atoms. The lowest BCUT2D eigenvalue weighted by Crippen LogP contribution is -2.16. The second-order valence-corrected chi connectivity index (χ2v) is 7.15. The van der Waals surface area contributed by atoms with Crippen molar-refractivity contribution in [2.45, 2.75) is 47.0 Å². The Balaban J connectivity index is 2.73. The Morgan fingerprint density at radius 2 is 2.04 bits per heavy atom. The standard InChI is InChI=1S/C20H24BrFO3/c1-5-12(18(22)20(23)24)16-10-15-13(11(3)4)8-7-9-14(15)17(21)19(16)25-6-2/h7-8,11H,5-6,9-10H2,1-4H3,(H,23,24). The summed E-state index contributed by atoms with van der Waals surface area (Å²) in [6, 6.07) is 0. The minimum absolute atomic E-state index is 0.206. The number of hydrogen-bond donors (Lipinski definition) is 1. The lowest BCUT2D eigenvalue weighted by Gasteiger charge is -2.30. The highest BCUT2D eigenvalue weighted by molar-refractivity contribution is 9.12. The molecular formula is C20H24BrFO3. The lowest BCUT2D eigenvalue weighted by molar-refractivity contribution is -0.134. The lowest BCUT2D eigenvalue weighted by atomic mass is 9.78. The molecule has 5 heteroatoms. The quantitative estimate of drug-likeness (QED) is 0.549. The summed E-state index contributed by atoms with van der Waals surface area (Å²) in [4.78, 5) is 11.2. The second kappa shape index (κ2) is 8.17. The van der Waals surface area contributed by atoms with Crippen molar-refractivity contribution in [3.63, 3.8) is 0 Å². The van der Waals surface area contributed by atoms with Gasteiger partial charge in [-0.15, -0.1) is 0 Å². The first-order valence-electron chi connectivity index (χ1n) is 8.60. The van der Waals surface area contributed by atoms with Crippen LogP contribution in [0.4, 0.5) is 4.39 Å². The van der Waals surface area contributed by atoms with Gasteiger partial charge in [0.05, 0.1) is 11.1 Å². The van der Waals surface area contributed by atoms with Crippen molar-refractivity contribution in [2.75, 3.05) is 6.61 Å². The molecule has 2 rings (SSSR count). The Morgan fingerprint density at radius 1 is 1.36 bits per heavy atom. The summed E-state index contributed by atoms with van der Waals surface area (Å²) in [6.07, 6.45) is 5.80. The molecule has 0 aliphatic heterocycles. The number of allylic oxidation sites excluding steroid dienone is 8. The van der Waals surface area contributed by atoms with Crippen molar-refractivity contribution in [1.29, 1.82) is 0 Å². The van der Waals surface area contributed by atoms with Crippen LogP contribution in [0.25, 0.3) is 0 Å². The maximum absolute atomic E-state index is 14.3. The predicted octanol–water partition coefficient (Wildman–Crippen LogP) is 5.96. The van der Waals surface area contributed by atoms with Gasteiger partial charge in [0.25, 0.3) is 0 Å². The number of carbonyl (C=O) groups is 1. The van der Waals surface area contributed by atoms with Crippen molar-refractivity contribution in [1.82, 2.24) is 0 Å². The van der Waals surface area contributed by atoms with Gasteiger partial charge in [0.15, 0.2) is 0 Å². The molecule has 3 nitrogen and oxygen atoms in total. The monoisotopic (exact) mass is 410 g/mol. The average Bonchev–Trinajstić information content (AvgIpc) is 2.57. The van der Waals surface area contributed by atoms with Gasteiger partial charge in [0, 0.05) is 17.6 Å². The predicted molar refractivity (Wildman–Crippen MR) is 101 cm³/mol. The molecule has 0 saturated carbocycles. The molecule has 0 heterocycles. The molecule has 0 spiro atoms. The first kappa shape index (κ1) is 19.7. The number of carboxylic acid groups (broad SMARTS) is 1.